The Balaban J connectivity index is 1.69. The molecule has 0 bridgehead atoms. The minimum Gasteiger partial charge on any atom is -0.479 e. The number of carboxylic acids is 1. The zero-order chi connectivity index (χ0) is 25.4. The van der Waals surface area contributed by atoms with E-state index in [0.29, 0.717) is 22.0 Å². The Morgan fingerprint density at radius 3 is 2.42 bits per heavy atom. The molecule has 1 fully saturated rings. The van der Waals surface area contributed by atoms with E-state index in [1.807, 2.05) is 36.4 Å². The number of benzene rings is 3. The Labute approximate surface area is 208 Å². The maximum atomic E-state index is 13.6. The third-order valence-corrected chi connectivity index (χ3v) is 7.10. The number of carbonyl (C=O) groups excluding carboxylic acids is 1. The van der Waals surface area contributed by atoms with Crippen LogP contribution in [-0.4, -0.2) is 39.5 Å². The van der Waals surface area contributed by atoms with Crippen LogP contribution in [0.1, 0.15) is 53.3 Å². The smallest absolute Gasteiger partial charge is 0.331 e. The summed E-state index contributed by atoms with van der Waals surface area (Å²) in [7, 11) is 0. The number of hydrogen-bond acceptors (Lipinski definition) is 4. The Bertz CT molecular complexity index is 1480. The molecule has 4 aromatic rings. The summed E-state index contributed by atoms with van der Waals surface area (Å²) in [4.78, 5) is 26.5. The van der Waals surface area contributed by atoms with Crippen molar-refractivity contribution in [3.63, 3.8) is 0 Å². The third-order valence-electron chi connectivity index (χ3n) is 7.10. The molecule has 0 unspecified atom stereocenters. The van der Waals surface area contributed by atoms with Gasteiger partial charge in [-0.05, 0) is 54.2 Å². The van der Waals surface area contributed by atoms with Crippen molar-refractivity contribution in [3.8, 4) is 0 Å². The summed E-state index contributed by atoms with van der Waals surface area (Å²) < 4.78 is 1.57. The Morgan fingerprint density at radius 2 is 1.69 bits per heavy atom. The molecule has 7 N–H and O–H groups in total. The van der Waals surface area contributed by atoms with Crippen LogP contribution in [0.4, 0.5) is 0 Å². The van der Waals surface area contributed by atoms with Gasteiger partial charge in [-0.2, -0.15) is 0 Å². The Kier molecular flexibility index (Phi) is 6.20. The van der Waals surface area contributed by atoms with E-state index in [4.69, 9.17) is 16.9 Å². The molecule has 8 nitrogen and oxygen atoms in total. The normalized spacial score (nSPS) is 18.7. The molecule has 36 heavy (non-hydrogen) atoms. The maximum Gasteiger partial charge on any atom is 0.331 e. The lowest BCUT2D eigenvalue weighted by Crippen LogP contribution is -2.41. The van der Waals surface area contributed by atoms with Gasteiger partial charge in [0.05, 0.1) is 5.52 Å². The number of nitrogens with two attached hydrogens (primary N) is 2. The highest BCUT2D eigenvalue weighted by atomic mass is 16.4. The van der Waals surface area contributed by atoms with Crippen LogP contribution in [0.25, 0.3) is 21.7 Å². The number of carboxylic acid groups (broad SMARTS) is 1. The fourth-order valence-corrected chi connectivity index (χ4v) is 5.24. The summed E-state index contributed by atoms with van der Waals surface area (Å²) in [6, 6.07) is 18.9. The molecule has 8 heteroatoms. The molecule has 1 aliphatic rings. The fraction of sp³-hybridized carbons (Fsp3) is 0.250. The third kappa shape index (κ3) is 4.31. The van der Waals surface area contributed by atoms with E-state index < -0.39 is 12.0 Å². The zero-order valence-corrected chi connectivity index (χ0v) is 19.8. The predicted molar refractivity (Wildman–Crippen MR) is 140 cm³/mol. The number of nitrogens with one attached hydrogen (secondary N) is 2. The summed E-state index contributed by atoms with van der Waals surface area (Å²) in [5, 5.41) is 23.9. The molecule has 184 valence electrons. The molecule has 1 saturated carbocycles. The van der Waals surface area contributed by atoms with Crippen LogP contribution in [0.5, 0.6) is 0 Å². The molecular weight excluding hydrogens is 454 g/mol. The number of aliphatic carboxylic acids is 1. The number of hydrogen-bond donors (Lipinski definition) is 5. The molecule has 3 aromatic carbocycles. The average Bonchev–Trinajstić information content (AvgIpc) is 3.24. The van der Waals surface area contributed by atoms with Crippen LogP contribution >= 0.6 is 0 Å². The second kappa shape index (κ2) is 9.47. The second-order valence-corrected chi connectivity index (χ2v) is 9.48. The van der Waals surface area contributed by atoms with Gasteiger partial charge < -0.3 is 26.5 Å². The van der Waals surface area contributed by atoms with Crippen molar-refractivity contribution in [2.24, 2.45) is 11.5 Å². The van der Waals surface area contributed by atoms with Gasteiger partial charge in [0.25, 0.3) is 5.91 Å². The fourth-order valence-electron chi connectivity index (χ4n) is 5.24. The number of nitrogens with zero attached hydrogens (tertiary/aromatic N) is 1. The highest BCUT2D eigenvalue weighted by Crippen LogP contribution is 2.33. The first-order valence-corrected chi connectivity index (χ1v) is 12.1. The van der Waals surface area contributed by atoms with Gasteiger partial charge in [0.1, 0.15) is 11.5 Å². The summed E-state index contributed by atoms with van der Waals surface area (Å²) in [6.45, 7) is 0. The van der Waals surface area contributed by atoms with Crippen molar-refractivity contribution >= 4 is 39.4 Å². The average molecular weight is 484 g/mol. The van der Waals surface area contributed by atoms with E-state index in [2.05, 4.69) is 5.32 Å². The van der Waals surface area contributed by atoms with Crippen molar-refractivity contribution in [2.45, 2.75) is 43.8 Å². The molecule has 5 rings (SSSR count). The van der Waals surface area contributed by atoms with Gasteiger partial charge in [0.15, 0.2) is 6.04 Å². The van der Waals surface area contributed by atoms with E-state index in [-0.39, 0.29) is 29.5 Å². The Hall–Kier alpha value is -4.17. The van der Waals surface area contributed by atoms with E-state index in [9.17, 15) is 14.7 Å². The van der Waals surface area contributed by atoms with Gasteiger partial charge in [0, 0.05) is 23.0 Å². The maximum absolute atomic E-state index is 13.6. The number of amidine groups is 1. The van der Waals surface area contributed by atoms with Crippen molar-refractivity contribution in [1.82, 2.24) is 9.88 Å². The summed E-state index contributed by atoms with van der Waals surface area (Å²) in [6.07, 6.45) is 3.24. The predicted octanol–water partition coefficient (Wildman–Crippen LogP) is 3.75. The number of fused-ring (bicyclic) bond motifs is 2. The summed E-state index contributed by atoms with van der Waals surface area (Å²) >= 11 is 0. The second-order valence-electron chi connectivity index (χ2n) is 9.48. The van der Waals surface area contributed by atoms with Crippen molar-refractivity contribution < 1.29 is 14.7 Å². The van der Waals surface area contributed by atoms with Crippen LogP contribution < -0.4 is 16.8 Å². The largest absolute Gasteiger partial charge is 0.479 e. The van der Waals surface area contributed by atoms with Crippen LogP contribution in [0, 0.1) is 5.41 Å². The zero-order valence-electron chi connectivity index (χ0n) is 19.8. The lowest BCUT2D eigenvalue weighted by atomic mass is 9.92. The van der Waals surface area contributed by atoms with Crippen molar-refractivity contribution in [3.05, 3.63) is 83.6 Å². The van der Waals surface area contributed by atoms with Crippen LogP contribution in [0.2, 0.25) is 0 Å². The lowest BCUT2D eigenvalue weighted by Gasteiger charge is -2.27. The monoisotopic (exact) mass is 483 g/mol. The Morgan fingerprint density at radius 1 is 0.972 bits per heavy atom. The first kappa shape index (κ1) is 23.6. The van der Waals surface area contributed by atoms with Crippen molar-refractivity contribution in [2.75, 3.05) is 0 Å². The molecule has 1 amide bonds. The number of aromatic nitrogens is 1. The topological polar surface area (TPSA) is 147 Å². The standard InChI is InChI=1S/C28H29N5O3/c29-19-10-12-20(13-11-19)32-27(34)24-14-17-8-9-18(26(30)31)15-23(17)33(24)25(28(35)36)22-7-3-5-16-4-1-2-6-21(16)22/h1-9,14-15,19-20,25H,10-13,29H2,(H3,30,31)(H,32,34)(H,35,36)/t19?,20?,25-/m1/s1. The highest BCUT2D eigenvalue weighted by molar-refractivity contribution is 6.04. The first-order chi connectivity index (χ1) is 17.3. The molecule has 1 aliphatic carbocycles. The van der Waals surface area contributed by atoms with Gasteiger partial charge in [-0.15, -0.1) is 0 Å². The molecule has 1 aromatic heterocycles. The van der Waals surface area contributed by atoms with E-state index in [0.717, 1.165) is 36.5 Å². The molecular formula is C28H29N5O3. The highest BCUT2D eigenvalue weighted by Gasteiger charge is 2.31. The van der Waals surface area contributed by atoms with Crippen LogP contribution in [0.3, 0.4) is 0 Å². The van der Waals surface area contributed by atoms with E-state index in [1.54, 1.807) is 34.9 Å². The molecule has 1 atom stereocenters. The quantitative estimate of drug-likeness (QED) is 0.209. The minimum atomic E-state index is -1.17. The van der Waals surface area contributed by atoms with E-state index >= 15 is 0 Å². The van der Waals surface area contributed by atoms with Gasteiger partial charge in [-0.1, -0.05) is 54.6 Å². The van der Waals surface area contributed by atoms with Gasteiger partial charge >= 0.3 is 5.97 Å². The molecule has 1 heterocycles. The van der Waals surface area contributed by atoms with E-state index in [1.165, 1.54) is 0 Å². The molecule has 0 radical (unpaired) electrons. The summed E-state index contributed by atoms with van der Waals surface area (Å²) in [5.74, 6) is -1.55. The molecule has 0 aliphatic heterocycles. The van der Waals surface area contributed by atoms with Gasteiger partial charge in [-0.3, -0.25) is 10.2 Å². The van der Waals surface area contributed by atoms with Crippen LogP contribution in [0.15, 0.2) is 66.7 Å². The number of nitrogen functional groups attached to an aromatic ring is 1. The number of rotatable bonds is 6. The van der Waals surface area contributed by atoms with Crippen molar-refractivity contribution in [1.29, 1.82) is 5.41 Å². The molecule has 0 saturated heterocycles. The summed E-state index contributed by atoms with van der Waals surface area (Å²) in [5.41, 5.74) is 13.6. The minimum absolute atomic E-state index is 0.0163. The van der Waals surface area contributed by atoms with Crippen LogP contribution in [-0.2, 0) is 4.79 Å². The molecule has 0 spiro atoms. The van der Waals surface area contributed by atoms with Gasteiger partial charge in [-0.25, -0.2) is 4.79 Å². The van der Waals surface area contributed by atoms with Gasteiger partial charge in [0.2, 0.25) is 0 Å². The number of carbonyl (C=O) groups is 2. The number of amides is 1. The first-order valence-electron chi connectivity index (χ1n) is 12.1. The lowest BCUT2D eigenvalue weighted by molar-refractivity contribution is -0.139. The SMILES string of the molecule is N=C(N)c1ccc2cc(C(=O)NC3CCC(N)CC3)n([C@@H](C(=O)O)c3cccc4ccccc34)c2c1.